The number of carbonyl (C=O) groups is 3. The minimum Gasteiger partial charge on any atom is -0.477 e. The number of rotatable bonds is 5. The van der Waals surface area contributed by atoms with Crippen LogP contribution in [0.25, 0.3) is 0 Å². The summed E-state index contributed by atoms with van der Waals surface area (Å²) >= 11 is 1.43. The van der Waals surface area contributed by atoms with E-state index < -0.39 is 45.4 Å². The van der Waals surface area contributed by atoms with Crippen LogP contribution < -0.4 is 11.1 Å². The second-order valence-corrected chi connectivity index (χ2v) is 10.5. The Kier molecular flexibility index (Phi) is 8.00. The highest BCUT2D eigenvalue weighted by Crippen LogP contribution is 2.40. The second-order valence-electron chi connectivity index (χ2n) is 8.01. The third kappa shape index (κ3) is 5.90. The molecule has 2 amide bonds. The Hall–Kier alpha value is -3.19. The molecule has 4 rings (SSSR count). The van der Waals surface area contributed by atoms with Crippen molar-refractivity contribution < 1.29 is 32.5 Å². The lowest BCUT2D eigenvalue weighted by atomic mass is 10.0. The first kappa shape index (κ1) is 26.4. The van der Waals surface area contributed by atoms with Gasteiger partial charge in [0.05, 0.1) is 4.90 Å². The average Bonchev–Trinajstić information content (AvgIpc) is 2.82. The second kappa shape index (κ2) is 10.6. The van der Waals surface area contributed by atoms with E-state index in [-0.39, 0.29) is 10.6 Å². The van der Waals surface area contributed by atoms with E-state index in [0.717, 1.165) is 5.56 Å². The fourth-order valence-electron chi connectivity index (χ4n) is 3.54. The molecule has 12 heteroatoms. The molecular formula is C23H25N3O7S2. The van der Waals surface area contributed by atoms with Crippen molar-refractivity contribution in [1.29, 1.82) is 0 Å². The summed E-state index contributed by atoms with van der Waals surface area (Å²) in [4.78, 5) is 37.1. The monoisotopic (exact) mass is 519 g/mol. The average molecular weight is 520 g/mol. The Balaban J connectivity index is 0.000000261. The van der Waals surface area contributed by atoms with Crippen molar-refractivity contribution in [2.24, 2.45) is 5.73 Å². The zero-order valence-electron chi connectivity index (χ0n) is 18.9. The number of nitrogens with one attached hydrogen (secondary N) is 1. The van der Waals surface area contributed by atoms with Crippen LogP contribution in [0.1, 0.15) is 24.1 Å². The van der Waals surface area contributed by atoms with Crippen molar-refractivity contribution in [3.8, 4) is 0 Å². The Morgan fingerprint density at radius 3 is 2.26 bits per heavy atom. The fourth-order valence-corrected chi connectivity index (χ4v) is 5.31. The molecule has 1 fully saturated rings. The van der Waals surface area contributed by atoms with Gasteiger partial charge >= 0.3 is 5.97 Å². The SMILES string of the molecule is CC1=C(C(=O)O)N2C(=O)[C@@H](NC(=O)[C@H](N)c3ccccc3)[C@H]2SC1.Cc1ccc(S(=O)(=O)O)cc1. The standard InChI is InChI=1S/C16H17N3O4S.C7H8O3S/c1-8-7-24-15-11(14(21)19(15)12(8)16(22)23)18-13(20)10(17)9-5-3-2-4-6-9;1-6-2-4-7(5-3-6)11(8,9)10/h2-6,10-11,15H,7,17H2,1H3,(H,18,20)(H,22,23);2-5H,1H3,(H,8,9,10)/t10-,11-,15-;/m1./s1. The van der Waals surface area contributed by atoms with Crippen molar-refractivity contribution in [2.75, 3.05) is 5.75 Å². The Morgan fingerprint density at radius 1 is 1.11 bits per heavy atom. The number of amides is 2. The number of aryl methyl sites for hydroxylation is 1. The van der Waals surface area contributed by atoms with E-state index in [1.165, 1.54) is 28.8 Å². The Morgan fingerprint density at radius 2 is 1.71 bits per heavy atom. The lowest BCUT2D eigenvalue weighted by Crippen LogP contribution is -2.71. The predicted molar refractivity (Wildman–Crippen MR) is 130 cm³/mol. The van der Waals surface area contributed by atoms with Crippen LogP contribution in [-0.2, 0) is 24.5 Å². The largest absolute Gasteiger partial charge is 0.477 e. The van der Waals surface area contributed by atoms with E-state index in [2.05, 4.69) is 5.32 Å². The molecular weight excluding hydrogens is 494 g/mol. The molecule has 1 saturated heterocycles. The molecule has 0 bridgehead atoms. The van der Waals surface area contributed by atoms with Crippen LogP contribution in [0, 0.1) is 6.92 Å². The van der Waals surface area contributed by atoms with Gasteiger partial charge in [-0.3, -0.25) is 19.0 Å². The van der Waals surface area contributed by atoms with E-state index in [4.69, 9.17) is 10.3 Å². The molecule has 2 aliphatic rings. The van der Waals surface area contributed by atoms with Gasteiger partial charge in [-0.1, -0.05) is 48.0 Å². The molecule has 35 heavy (non-hydrogen) atoms. The maximum Gasteiger partial charge on any atom is 0.352 e. The highest BCUT2D eigenvalue weighted by molar-refractivity contribution is 8.00. The molecule has 5 N–H and O–H groups in total. The number of nitrogens with zero attached hydrogens (tertiary/aromatic N) is 1. The zero-order chi connectivity index (χ0) is 25.9. The van der Waals surface area contributed by atoms with Gasteiger partial charge in [0, 0.05) is 5.75 Å². The molecule has 0 aromatic heterocycles. The van der Waals surface area contributed by atoms with Crippen molar-refractivity contribution in [1.82, 2.24) is 10.2 Å². The molecule has 2 aromatic rings. The third-order valence-electron chi connectivity index (χ3n) is 5.42. The molecule has 0 spiro atoms. The van der Waals surface area contributed by atoms with Crippen molar-refractivity contribution >= 4 is 39.7 Å². The van der Waals surface area contributed by atoms with Crippen molar-refractivity contribution in [3.05, 3.63) is 77.0 Å². The van der Waals surface area contributed by atoms with Gasteiger partial charge in [0.2, 0.25) is 5.91 Å². The Bertz CT molecular complexity index is 1260. The van der Waals surface area contributed by atoms with Gasteiger partial charge in [0.25, 0.3) is 16.0 Å². The van der Waals surface area contributed by atoms with E-state index in [1.807, 2.05) is 13.0 Å². The number of carbonyl (C=O) groups excluding carboxylic acids is 2. The van der Waals surface area contributed by atoms with Gasteiger partial charge in [-0.15, -0.1) is 11.8 Å². The summed E-state index contributed by atoms with van der Waals surface area (Å²) in [6, 6.07) is 13.2. The number of carboxylic acids is 1. The number of carboxylic acid groups (broad SMARTS) is 1. The van der Waals surface area contributed by atoms with E-state index in [0.29, 0.717) is 16.9 Å². The minimum absolute atomic E-state index is 0.0154. The summed E-state index contributed by atoms with van der Waals surface area (Å²) in [7, 11) is -4.02. The third-order valence-corrected chi connectivity index (χ3v) is 7.71. The van der Waals surface area contributed by atoms with Crippen LogP contribution in [0.5, 0.6) is 0 Å². The lowest BCUT2D eigenvalue weighted by molar-refractivity contribution is -0.150. The molecule has 2 aromatic carbocycles. The fraction of sp³-hybridized carbons (Fsp3) is 0.261. The highest BCUT2D eigenvalue weighted by Gasteiger charge is 2.53. The number of fused-ring (bicyclic) bond motifs is 1. The molecule has 2 aliphatic heterocycles. The number of aliphatic carboxylic acids is 1. The van der Waals surface area contributed by atoms with Crippen LogP contribution in [0.3, 0.4) is 0 Å². The number of benzene rings is 2. The van der Waals surface area contributed by atoms with Crippen LogP contribution in [0.2, 0.25) is 0 Å². The predicted octanol–water partition coefficient (Wildman–Crippen LogP) is 1.69. The maximum atomic E-state index is 12.3. The van der Waals surface area contributed by atoms with Crippen LogP contribution in [-0.4, -0.2) is 57.9 Å². The molecule has 0 aliphatic carbocycles. The molecule has 0 saturated carbocycles. The van der Waals surface area contributed by atoms with Gasteiger partial charge in [0.15, 0.2) is 0 Å². The van der Waals surface area contributed by atoms with Gasteiger partial charge in [-0.05, 0) is 37.1 Å². The topological polar surface area (TPSA) is 167 Å². The number of thioether (sulfide) groups is 1. The van der Waals surface area contributed by atoms with E-state index in [1.54, 1.807) is 43.3 Å². The number of β-lactam (4-membered cyclic amide) rings is 1. The van der Waals surface area contributed by atoms with Crippen molar-refractivity contribution in [3.63, 3.8) is 0 Å². The minimum atomic E-state index is -4.02. The quantitative estimate of drug-likeness (QED) is 0.339. The summed E-state index contributed by atoms with van der Waals surface area (Å²) in [5.74, 6) is -1.50. The van der Waals surface area contributed by atoms with Gasteiger partial charge in [-0.25, -0.2) is 4.79 Å². The lowest BCUT2D eigenvalue weighted by Gasteiger charge is -2.49. The maximum absolute atomic E-state index is 12.3. The first-order valence-electron chi connectivity index (χ1n) is 10.4. The van der Waals surface area contributed by atoms with E-state index >= 15 is 0 Å². The van der Waals surface area contributed by atoms with Crippen LogP contribution >= 0.6 is 11.8 Å². The normalized spacial score (nSPS) is 20.1. The first-order chi connectivity index (χ1) is 16.4. The molecule has 186 valence electrons. The zero-order valence-corrected chi connectivity index (χ0v) is 20.5. The summed E-state index contributed by atoms with van der Waals surface area (Å²) in [6.45, 7) is 3.53. The first-order valence-corrected chi connectivity index (χ1v) is 12.9. The Labute approximate surface area is 206 Å². The molecule has 0 radical (unpaired) electrons. The van der Waals surface area contributed by atoms with Crippen LogP contribution in [0.4, 0.5) is 0 Å². The summed E-state index contributed by atoms with van der Waals surface area (Å²) in [5.41, 5.74) is 8.19. The van der Waals surface area contributed by atoms with Crippen molar-refractivity contribution in [2.45, 2.75) is 36.2 Å². The number of hydrogen-bond acceptors (Lipinski definition) is 7. The van der Waals surface area contributed by atoms with E-state index in [9.17, 15) is 27.9 Å². The highest BCUT2D eigenvalue weighted by atomic mass is 32.2. The number of hydrogen-bond donors (Lipinski definition) is 4. The summed E-state index contributed by atoms with van der Waals surface area (Å²) in [5, 5.41) is 11.5. The number of nitrogens with two attached hydrogens (primary N) is 1. The van der Waals surface area contributed by atoms with Gasteiger partial charge in [0.1, 0.15) is 23.2 Å². The van der Waals surface area contributed by atoms with Crippen LogP contribution in [0.15, 0.2) is 70.8 Å². The summed E-state index contributed by atoms with van der Waals surface area (Å²) < 4.78 is 29.6. The molecule has 2 heterocycles. The summed E-state index contributed by atoms with van der Waals surface area (Å²) in [6.07, 6.45) is 0. The smallest absolute Gasteiger partial charge is 0.352 e. The van der Waals surface area contributed by atoms with Gasteiger partial charge in [-0.2, -0.15) is 8.42 Å². The molecule has 10 nitrogen and oxygen atoms in total. The molecule has 3 atom stereocenters. The van der Waals surface area contributed by atoms with Gasteiger partial charge < -0.3 is 16.2 Å². The molecule has 0 unspecified atom stereocenters.